The number of carbonyl (C=O) groups excluding carboxylic acids is 1. The number of ether oxygens (including phenoxy) is 2. The van der Waals surface area contributed by atoms with Crippen LogP contribution in [-0.2, 0) is 0 Å². The van der Waals surface area contributed by atoms with Gasteiger partial charge in [-0.05, 0) is 71.5 Å². The molecule has 0 fully saturated rings. The summed E-state index contributed by atoms with van der Waals surface area (Å²) in [5.74, 6) is 1.34. The average Bonchev–Trinajstić information content (AvgIpc) is 3.31. The summed E-state index contributed by atoms with van der Waals surface area (Å²) in [6.07, 6.45) is 0. The predicted octanol–water partition coefficient (Wildman–Crippen LogP) is 6.31. The molecular formula is C27H18BrN3O4S. The van der Waals surface area contributed by atoms with E-state index in [1.807, 2.05) is 54.6 Å². The topological polar surface area (TPSA) is 85.6 Å². The molecule has 0 radical (unpaired) electrons. The van der Waals surface area contributed by atoms with Gasteiger partial charge >= 0.3 is 0 Å². The largest absolute Gasteiger partial charge is 0.486 e. The molecule has 6 rings (SSSR count). The van der Waals surface area contributed by atoms with Crippen LogP contribution in [0.2, 0.25) is 0 Å². The molecule has 0 saturated heterocycles. The van der Waals surface area contributed by atoms with Crippen LogP contribution in [0, 0.1) is 0 Å². The van der Waals surface area contributed by atoms with Crippen LogP contribution in [0.3, 0.4) is 0 Å². The lowest BCUT2D eigenvalue weighted by atomic mass is 10.0. The first kappa shape index (κ1) is 22.5. The van der Waals surface area contributed by atoms with Crippen molar-refractivity contribution in [2.24, 2.45) is 0 Å². The third kappa shape index (κ3) is 4.27. The monoisotopic (exact) mass is 559 g/mol. The maximum Gasteiger partial charge on any atom is 0.257 e. The first-order valence-corrected chi connectivity index (χ1v) is 12.4. The SMILES string of the molecule is O=C(NC(=S)Nc1ccc2oc(-c3cccc4c(Br)cccc34)nc2c1)c1ccc2c(c1)OCCO2. The zero-order valence-electron chi connectivity index (χ0n) is 18.7. The summed E-state index contributed by atoms with van der Waals surface area (Å²) >= 11 is 8.96. The number of fused-ring (bicyclic) bond motifs is 3. The average molecular weight is 560 g/mol. The molecule has 1 aliphatic heterocycles. The van der Waals surface area contributed by atoms with Crippen LogP contribution in [0.25, 0.3) is 33.3 Å². The van der Waals surface area contributed by atoms with Crippen molar-refractivity contribution in [2.75, 3.05) is 18.5 Å². The van der Waals surface area contributed by atoms with Crippen molar-refractivity contribution in [3.05, 3.63) is 82.8 Å². The van der Waals surface area contributed by atoms with E-state index < -0.39 is 0 Å². The van der Waals surface area contributed by atoms with Crippen LogP contribution in [0.4, 0.5) is 5.69 Å². The maximum atomic E-state index is 12.7. The molecule has 2 heterocycles. The van der Waals surface area contributed by atoms with Crippen LogP contribution in [0.1, 0.15) is 10.4 Å². The van der Waals surface area contributed by atoms with E-state index in [1.54, 1.807) is 18.2 Å². The highest BCUT2D eigenvalue weighted by molar-refractivity contribution is 9.10. The van der Waals surface area contributed by atoms with Crippen LogP contribution in [0.15, 0.2) is 81.7 Å². The number of nitrogens with zero attached hydrogens (tertiary/aromatic N) is 1. The van der Waals surface area contributed by atoms with E-state index in [2.05, 4.69) is 26.6 Å². The molecule has 0 saturated carbocycles. The maximum absolute atomic E-state index is 12.7. The van der Waals surface area contributed by atoms with Crippen molar-refractivity contribution >= 4 is 66.7 Å². The molecule has 9 heteroatoms. The molecule has 0 bridgehead atoms. The zero-order chi connectivity index (χ0) is 24.6. The van der Waals surface area contributed by atoms with E-state index >= 15 is 0 Å². The van der Waals surface area contributed by atoms with Gasteiger partial charge in [-0.25, -0.2) is 4.98 Å². The number of halogens is 1. The fourth-order valence-corrected chi connectivity index (χ4v) is 4.81. The van der Waals surface area contributed by atoms with Gasteiger partial charge in [0.15, 0.2) is 22.2 Å². The Morgan fingerprint density at radius 2 is 1.72 bits per heavy atom. The van der Waals surface area contributed by atoms with Crippen molar-refractivity contribution in [2.45, 2.75) is 0 Å². The lowest BCUT2D eigenvalue weighted by Gasteiger charge is -2.18. The van der Waals surface area contributed by atoms with Gasteiger partial charge < -0.3 is 19.2 Å². The molecule has 1 amide bonds. The molecule has 1 aliphatic rings. The number of hydrogen-bond acceptors (Lipinski definition) is 6. The fraction of sp³-hybridized carbons (Fsp3) is 0.0741. The highest BCUT2D eigenvalue weighted by Gasteiger charge is 2.16. The Bertz CT molecular complexity index is 1670. The minimum atomic E-state index is -0.351. The van der Waals surface area contributed by atoms with Crippen molar-refractivity contribution < 1.29 is 18.7 Å². The number of thiocarbonyl (C=S) groups is 1. The van der Waals surface area contributed by atoms with E-state index in [0.717, 1.165) is 20.8 Å². The van der Waals surface area contributed by atoms with Crippen LogP contribution < -0.4 is 20.1 Å². The number of amides is 1. The van der Waals surface area contributed by atoms with Gasteiger partial charge in [0.2, 0.25) is 5.89 Å². The highest BCUT2D eigenvalue weighted by Crippen LogP contribution is 2.34. The first-order chi connectivity index (χ1) is 17.5. The van der Waals surface area contributed by atoms with E-state index in [-0.39, 0.29) is 11.0 Å². The minimum absolute atomic E-state index is 0.164. The van der Waals surface area contributed by atoms with Gasteiger partial charge in [0.1, 0.15) is 18.7 Å². The first-order valence-electron chi connectivity index (χ1n) is 11.2. The van der Waals surface area contributed by atoms with Crippen molar-refractivity contribution in [1.29, 1.82) is 0 Å². The summed E-state index contributed by atoms with van der Waals surface area (Å²) < 4.78 is 18.1. The van der Waals surface area contributed by atoms with Crippen molar-refractivity contribution in [1.82, 2.24) is 10.3 Å². The summed E-state index contributed by atoms with van der Waals surface area (Å²) in [4.78, 5) is 17.4. The smallest absolute Gasteiger partial charge is 0.257 e. The van der Waals surface area contributed by atoms with E-state index in [1.165, 1.54) is 0 Å². The summed E-state index contributed by atoms with van der Waals surface area (Å²) in [6.45, 7) is 0.936. The second-order valence-electron chi connectivity index (χ2n) is 8.11. The number of benzene rings is 4. The van der Waals surface area contributed by atoms with Gasteiger partial charge in [-0.2, -0.15) is 0 Å². The molecule has 178 valence electrons. The van der Waals surface area contributed by atoms with Crippen molar-refractivity contribution in [3.63, 3.8) is 0 Å². The van der Waals surface area contributed by atoms with Gasteiger partial charge in [-0.15, -0.1) is 0 Å². The second-order valence-corrected chi connectivity index (χ2v) is 9.37. The number of carbonyl (C=O) groups is 1. The summed E-state index contributed by atoms with van der Waals surface area (Å²) in [6, 6.07) is 22.5. The number of hydrogen-bond donors (Lipinski definition) is 2. The Kier molecular flexibility index (Phi) is 5.79. The molecule has 0 atom stereocenters. The Balaban J connectivity index is 1.20. The molecule has 4 aromatic carbocycles. The molecule has 0 unspecified atom stereocenters. The van der Waals surface area contributed by atoms with Gasteiger partial charge in [-0.3, -0.25) is 10.1 Å². The lowest BCUT2D eigenvalue weighted by Crippen LogP contribution is -2.34. The molecule has 2 N–H and O–H groups in total. The molecule has 1 aromatic heterocycles. The van der Waals surface area contributed by atoms with E-state index in [4.69, 9.17) is 31.1 Å². The van der Waals surface area contributed by atoms with E-state index in [9.17, 15) is 4.79 Å². The number of rotatable bonds is 3. The molecular weight excluding hydrogens is 542 g/mol. The van der Waals surface area contributed by atoms with Gasteiger partial charge in [0, 0.05) is 21.3 Å². The van der Waals surface area contributed by atoms with Crippen LogP contribution >= 0.6 is 28.1 Å². The van der Waals surface area contributed by atoms with Gasteiger partial charge in [-0.1, -0.05) is 40.2 Å². The third-order valence-corrected chi connectivity index (χ3v) is 6.67. The molecule has 7 nitrogen and oxygen atoms in total. The number of anilines is 1. The van der Waals surface area contributed by atoms with Crippen molar-refractivity contribution in [3.8, 4) is 23.0 Å². The van der Waals surface area contributed by atoms with Gasteiger partial charge in [0.05, 0.1) is 0 Å². The number of nitrogens with one attached hydrogen (secondary N) is 2. The third-order valence-electron chi connectivity index (χ3n) is 5.78. The molecule has 5 aromatic rings. The number of oxazole rings is 1. The van der Waals surface area contributed by atoms with E-state index in [0.29, 0.717) is 53.0 Å². The molecule has 0 aliphatic carbocycles. The standard InChI is InChI=1S/C27H18BrN3O4S/c28-20-6-2-3-17-18(20)4-1-5-19(17)26-30-21-14-16(8-10-22(21)35-26)29-27(36)31-25(32)15-7-9-23-24(13-15)34-12-11-33-23/h1-10,13-14H,11-12H2,(H2,29,31,32,36). The van der Waals surface area contributed by atoms with Crippen LogP contribution in [-0.4, -0.2) is 29.2 Å². The zero-order valence-corrected chi connectivity index (χ0v) is 21.1. The highest BCUT2D eigenvalue weighted by atomic mass is 79.9. The summed E-state index contributed by atoms with van der Waals surface area (Å²) in [5.41, 5.74) is 3.32. The fourth-order valence-electron chi connectivity index (χ4n) is 4.10. The summed E-state index contributed by atoms with van der Waals surface area (Å²) in [5, 5.41) is 8.02. The quantitative estimate of drug-likeness (QED) is 0.250. The number of aromatic nitrogens is 1. The Labute approximate surface area is 219 Å². The Hall–Kier alpha value is -3.95. The molecule has 36 heavy (non-hydrogen) atoms. The normalized spacial score (nSPS) is 12.5. The summed E-state index contributed by atoms with van der Waals surface area (Å²) in [7, 11) is 0. The second kappa shape index (κ2) is 9.25. The lowest BCUT2D eigenvalue weighted by molar-refractivity contribution is 0.0976. The Morgan fingerprint density at radius 3 is 2.61 bits per heavy atom. The minimum Gasteiger partial charge on any atom is -0.486 e. The van der Waals surface area contributed by atoms with Gasteiger partial charge in [0.25, 0.3) is 5.91 Å². The van der Waals surface area contributed by atoms with Crippen LogP contribution in [0.5, 0.6) is 11.5 Å². The predicted molar refractivity (Wildman–Crippen MR) is 146 cm³/mol. The Morgan fingerprint density at radius 1 is 0.917 bits per heavy atom. The molecule has 0 spiro atoms.